The SMILES string of the molecule is O=C(O)c1ccc(NC(=O)c2cc3c(s2)CCC3)nc1. The number of rotatable bonds is 3. The second kappa shape index (κ2) is 5.05. The fourth-order valence-electron chi connectivity index (χ4n) is 2.21. The van der Waals surface area contributed by atoms with E-state index in [4.69, 9.17) is 5.11 Å². The highest BCUT2D eigenvalue weighted by atomic mass is 32.1. The summed E-state index contributed by atoms with van der Waals surface area (Å²) < 4.78 is 0. The molecule has 3 rings (SSSR count). The summed E-state index contributed by atoms with van der Waals surface area (Å²) in [7, 11) is 0. The van der Waals surface area contributed by atoms with Crippen LogP contribution in [0.1, 0.15) is 36.9 Å². The number of nitrogens with one attached hydrogen (secondary N) is 1. The van der Waals surface area contributed by atoms with Crippen molar-refractivity contribution in [1.29, 1.82) is 0 Å². The van der Waals surface area contributed by atoms with Crippen LogP contribution in [-0.2, 0) is 12.8 Å². The summed E-state index contributed by atoms with van der Waals surface area (Å²) in [6.45, 7) is 0. The van der Waals surface area contributed by atoms with Gasteiger partial charge in [0.05, 0.1) is 10.4 Å². The quantitative estimate of drug-likeness (QED) is 0.909. The number of hydrogen-bond donors (Lipinski definition) is 2. The smallest absolute Gasteiger partial charge is 0.337 e. The van der Waals surface area contributed by atoms with Gasteiger partial charge < -0.3 is 10.4 Å². The molecule has 1 amide bonds. The molecule has 0 unspecified atom stereocenters. The largest absolute Gasteiger partial charge is 0.478 e. The van der Waals surface area contributed by atoms with Crippen LogP contribution in [0.15, 0.2) is 24.4 Å². The summed E-state index contributed by atoms with van der Waals surface area (Å²) in [6, 6.07) is 4.84. The van der Waals surface area contributed by atoms with Crippen molar-refractivity contribution in [2.45, 2.75) is 19.3 Å². The lowest BCUT2D eigenvalue weighted by Crippen LogP contribution is -2.11. The van der Waals surface area contributed by atoms with Crippen molar-refractivity contribution in [3.63, 3.8) is 0 Å². The molecule has 20 heavy (non-hydrogen) atoms. The first-order valence-electron chi connectivity index (χ1n) is 6.26. The number of amides is 1. The zero-order valence-electron chi connectivity index (χ0n) is 10.5. The number of fused-ring (bicyclic) bond motifs is 1. The summed E-state index contributed by atoms with van der Waals surface area (Å²) in [5.41, 5.74) is 1.37. The van der Waals surface area contributed by atoms with E-state index in [1.165, 1.54) is 46.5 Å². The van der Waals surface area contributed by atoms with Gasteiger partial charge in [0.2, 0.25) is 0 Å². The van der Waals surface area contributed by atoms with Crippen LogP contribution >= 0.6 is 11.3 Å². The Kier molecular flexibility index (Phi) is 3.23. The molecular weight excluding hydrogens is 276 g/mol. The Labute approximate surface area is 119 Å². The fourth-order valence-corrected chi connectivity index (χ4v) is 3.36. The molecular formula is C14H12N2O3S. The molecule has 0 saturated carbocycles. The summed E-state index contributed by atoms with van der Waals surface area (Å²) in [5, 5.41) is 11.5. The van der Waals surface area contributed by atoms with Gasteiger partial charge in [-0.05, 0) is 43.0 Å². The van der Waals surface area contributed by atoms with Crippen LogP contribution in [-0.4, -0.2) is 22.0 Å². The highest BCUT2D eigenvalue weighted by molar-refractivity contribution is 7.14. The fraction of sp³-hybridized carbons (Fsp3) is 0.214. The van der Waals surface area contributed by atoms with Gasteiger partial charge in [0.25, 0.3) is 5.91 Å². The monoisotopic (exact) mass is 288 g/mol. The van der Waals surface area contributed by atoms with E-state index < -0.39 is 5.97 Å². The van der Waals surface area contributed by atoms with Crippen LogP contribution in [0, 0.1) is 0 Å². The maximum absolute atomic E-state index is 12.1. The summed E-state index contributed by atoms with van der Waals surface area (Å²) in [4.78, 5) is 28.7. The Hall–Kier alpha value is -2.21. The zero-order chi connectivity index (χ0) is 14.1. The van der Waals surface area contributed by atoms with Crippen LogP contribution in [0.5, 0.6) is 0 Å². The van der Waals surface area contributed by atoms with E-state index in [0.29, 0.717) is 10.7 Å². The number of carboxylic acids is 1. The Morgan fingerprint density at radius 1 is 1.30 bits per heavy atom. The molecule has 0 spiro atoms. The molecule has 0 radical (unpaired) electrons. The molecule has 2 aromatic heterocycles. The number of aryl methyl sites for hydroxylation is 2. The molecule has 1 aliphatic carbocycles. The summed E-state index contributed by atoms with van der Waals surface area (Å²) in [6.07, 6.45) is 4.50. The van der Waals surface area contributed by atoms with Gasteiger partial charge >= 0.3 is 5.97 Å². The third-order valence-electron chi connectivity index (χ3n) is 3.22. The Morgan fingerprint density at radius 2 is 2.15 bits per heavy atom. The van der Waals surface area contributed by atoms with Crippen LogP contribution in [0.3, 0.4) is 0 Å². The molecule has 0 aliphatic heterocycles. The van der Waals surface area contributed by atoms with Crippen molar-refractivity contribution in [3.05, 3.63) is 45.3 Å². The molecule has 1 aliphatic rings. The second-order valence-electron chi connectivity index (χ2n) is 4.60. The van der Waals surface area contributed by atoms with Crippen molar-refractivity contribution in [3.8, 4) is 0 Å². The molecule has 0 saturated heterocycles. The number of aromatic carboxylic acids is 1. The van der Waals surface area contributed by atoms with Gasteiger partial charge in [0, 0.05) is 11.1 Å². The predicted octanol–water partition coefficient (Wildman–Crippen LogP) is 2.58. The molecule has 2 N–H and O–H groups in total. The first-order chi connectivity index (χ1) is 9.63. The third-order valence-corrected chi connectivity index (χ3v) is 4.46. The van der Waals surface area contributed by atoms with Crippen LogP contribution < -0.4 is 5.32 Å². The molecule has 0 atom stereocenters. The van der Waals surface area contributed by atoms with E-state index >= 15 is 0 Å². The number of nitrogens with zero attached hydrogens (tertiary/aromatic N) is 1. The predicted molar refractivity (Wildman–Crippen MR) is 75.5 cm³/mol. The summed E-state index contributed by atoms with van der Waals surface area (Å²) >= 11 is 1.52. The molecule has 0 fully saturated rings. The first kappa shape index (κ1) is 12.8. The topological polar surface area (TPSA) is 79.3 Å². The molecule has 5 nitrogen and oxygen atoms in total. The normalized spacial score (nSPS) is 13.0. The van der Waals surface area contributed by atoms with Crippen molar-refractivity contribution in [1.82, 2.24) is 4.98 Å². The number of hydrogen-bond acceptors (Lipinski definition) is 4. The average molecular weight is 288 g/mol. The van der Waals surface area contributed by atoms with E-state index in [-0.39, 0.29) is 11.5 Å². The number of carbonyl (C=O) groups is 2. The van der Waals surface area contributed by atoms with E-state index in [2.05, 4.69) is 10.3 Å². The van der Waals surface area contributed by atoms with Gasteiger partial charge in [-0.3, -0.25) is 4.79 Å². The van der Waals surface area contributed by atoms with Crippen molar-refractivity contribution >= 4 is 29.0 Å². The van der Waals surface area contributed by atoms with Gasteiger partial charge in [0.15, 0.2) is 0 Å². The van der Waals surface area contributed by atoms with Gasteiger partial charge in [-0.1, -0.05) is 0 Å². The third kappa shape index (κ3) is 2.42. The minimum absolute atomic E-state index is 0.0955. The van der Waals surface area contributed by atoms with Gasteiger partial charge in [-0.2, -0.15) is 0 Å². The van der Waals surface area contributed by atoms with E-state index in [1.54, 1.807) is 0 Å². The number of carbonyl (C=O) groups excluding carboxylic acids is 1. The number of thiophene rings is 1. The minimum atomic E-state index is -1.04. The maximum atomic E-state index is 12.1. The van der Waals surface area contributed by atoms with E-state index in [1.807, 2.05) is 6.07 Å². The number of carboxylic acid groups (broad SMARTS) is 1. The number of anilines is 1. The number of aromatic nitrogens is 1. The van der Waals surface area contributed by atoms with Gasteiger partial charge in [0.1, 0.15) is 5.82 Å². The van der Waals surface area contributed by atoms with E-state index in [9.17, 15) is 9.59 Å². The molecule has 102 valence electrons. The molecule has 6 heteroatoms. The first-order valence-corrected chi connectivity index (χ1v) is 7.07. The minimum Gasteiger partial charge on any atom is -0.478 e. The Balaban J connectivity index is 1.73. The van der Waals surface area contributed by atoms with Crippen LogP contribution in [0.2, 0.25) is 0 Å². The Bertz CT molecular complexity index is 655. The maximum Gasteiger partial charge on any atom is 0.337 e. The van der Waals surface area contributed by atoms with Gasteiger partial charge in [-0.25, -0.2) is 9.78 Å². The van der Waals surface area contributed by atoms with Crippen molar-refractivity contribution in [2.24, 2.45) is 0 Å². The highest BCUT2D eigenvalue weighted by Gasteiger charge is 2.18. The zero-order valence-corrected chi connectivity index (χ0v) is 11.4. The van der Waals surface area contributed by atoms with E-state index in [0.717, 1.165) is 12.8 Å². The molecule has 2 aromatic rings. The highest BCUT2D eigenvalue weighted by Crippen LogP contribution is 2.30. The molecule has 2 heterocycles. The Morgan fingerprint density at radius 3 is 2.80 bits per heavy atom. The molecule has 0 aromatic carbocycles. The van der Waals surface area contributed by atoms with Gasteiger partial charge in [-0.15, -0.1) is 11.3 Å². The standard InChI is InChI=1S/C14H12N2O3S/c17-13(11-6-8-2-1-3-10(8)20-11)16-12-5-4-9(7-15-12)14(18)19/h4-7H,1-3H2,(H,18,19)(H,15,16,17). The lowest BCUT2D eigenvalue weighted by atomic mass is 10.2. The van der Waals surface area contributed by atoms with Crippen molar-refractivity contribution < 1.29 is 14.7 Å². The lowest BCUT2D eigenvalue weighted by Gasteiger charge is -2.02. The van der Waals surface area contributed by atoms with Crippen LogP contribution in [0.25, 0.3) is 0 Å². The molecule has 0 bridgehead atoms. The average Bonchev–Trinajstić information content (AvgIpc) is 2.99. The lowest BCUT2D eigenvalue weighted by molar-refractivity contribution is 0.0696. The van der Waals surface area contributed by atoms with Crippen molar-refractivity contribution in [2.75, 3.05) is 5.32 Å². The van der Waals surface area contributed by atoms with Crippen LogP contribution in [0.4, 0.5) is 5.82 Å². The number of pyridine rings is 1. The summed E-state index contributed by atoms with van der Waals surface area (Å²) in [5.74, 6) is -0.876. The second-order valence-corrected chi connectivity index (χ2v) is 5.74.